The summed E-state index contributed by atoms with van der Waals surface area (Å²) in [7, 11) is 1.59. The average Bonchev–Trinajstić information content (AvgIpc) is 3.43. The van der Waals surface area contributed by atoms with E-state index in [4.69, 9.17) is 4.74 Å². The Balaban J connectivity index is 1.42. The first kappa shape index (κ1) is 23.5. The molecule has 33 heavy (non-hydrogen) atoms. The van der Waals surface area contributed by atoms with E-state index in [1.807, 2.05) is 41.1 Å². The van der Waals surface area contributed by atoms with Gasteiger partial charge in [0.15, 0.2) is 0 Å². The van der Waals surface area contributed by atoms with Crippen molar-refractivity contribution < 1.29 is 9.53 Å². The minimum Gasteiger partial charge on any atom is -0.495 e. The molecule has 4 rings (SSSR count). The number of methoxy groups -OCH3 is 1. The summed E-state index contributed by atoms with van der Waals surface area (Å²) in [5.41, 5.74) is 2.50. The topological polar surface area (TPSA) is 84.1 Å². The van der Waals surface area contributed by atoms with Crippen molar-refractivity contribution >= 4 is 56.2 Å². The SMILES string of the molecule is COc1ccc(C(C)(C)C)cc1NC(=O)CSCc1nc2scc(-c3cccs3)c2c(=O)[nH]1. The molecule has 0 fully saturated rings. The summed E-state index contributed by atoms with van der Waals surface area (Å²) in [6, 6.07) is 9.81. The van der Waals surface area contributed by atoms with Gasteiger partial charge in [0.25, 0.3) is 5.56 Å². The number of carbonyl (C=O) groups is 1. The van der Waals surface area contributed by atoms with E-state index in [2.05, 4.69) is 36.1 Å². The number of thioether (sulfide) groups is 1. The highest BCUT2D eigenvalue weighted by molar-refractivity contribution is 7.99. The summed E-state index contributed by atoms with van der Waals surface area (Å²) in [5.74, 6) is 1.72. The maximum Gasteiger partial charge on any atom is 0.260 e. The monoisotopic (exact) mass is 499 g/mol. The summed E-state index contributed by atoms with van der Waals surface area (Å²) in [5, 5.41) is 7.54. The van der Waals surface area contributed by atoms with Crippen molar-refractivity contribution in [3.8, 4) is 16.2 Å². The molecule has 0 aliphatic rings. The van der Waals surface area contributed by atoms with Crippen molar-refractivity contribution in [2.45, 2.75) is 31.9 Å². The van der Waals surface area contributed by atoms with E-state index >= 15 is 0 Å². The zero-order valence-corrected chi connectivity index (χ0v) is 21.3. The predicted octanol–water partition coefficient (Wildman–Crippen LogP) is 5.89. The van der Waals surface area contributed by atoms with Crippen LogP contribution in [0.5, 0.6) is 5.75 Å². The van der Waals surface area contributed by atoms with Crippen molar-refractivity contribution in [3.63, 3.8) is 0 Å². The highest BCUT2D eigenvalue weighted by Gasteiger charge is 2.17. The second-order valence-electron chi connectivity index (χ2n) is 8.53. The number of aromatic nitrogens is 2. The molecule has 9 heteroatoms. The Kier molecular flexibility index (Phi) is 6.92. The van der Waals surface area contributed by atoms with E-state index < -0.39 is 0 Å². The van der Waals surface area contributed by atoms with E-state index in [0.29, 0.717) is 33.2 Å². The Morgan fingerprint density at radius 2 is 2.06 bits per heavy atom. The zero-order chi connectivity index (χ0) is 23.6. The maximum absolute atomic E-state index is 12.7. The smallest absolute Gasteiger partial charge is 0.260 e. The number of amides is 1. The summed E-state index contributed by atoms with van der Waals surface area (Å²) < 4.78 is 5.40. The van der Waals surface area contributed by atoms with Gasteiger partial charge in [-0.1, -0.05) is 32.9 Å². The quantitative estimate of drug-likeness (QED) is 0.331. The lowest BCUT2D eigenvalue weighted by Crippen LogP contribution is -2.17. The fourth-order valence-electron chi connectivity index (χ4n) is 3.37. The van der Waals surface area contributed by atoms with Crippen molar-refractivity contribution in [1.82, 2.24) is 9.97 Å². The lowest BCUT2D eigenvalue weighted by Gasteiger charge is -2.21. The third kappa shape index (κ3) is 5.31. The highest BCUT2D eigenvalue weighted by Crippen LogP contribution is 2.34. The number of thiophene rings is 2. The molecule has 0 aliphatic carbocycles. The van der Waals surface area contributed by atoms with Crippen molar-refractivity contribution in [2.75, 3.05) is 18.2 Å². The number of hydrogen-bond donors (Lipinski definition) is 2. The van der Waals surface area contributed by atoms with Crippen LogP contribution in [-0.2, 0) is 16.0 Å². The van der Waals surface area contributed by atoms with E-state index in [1.54, 1.807) is 18.4 Å². The van der Waals surface area contributed by atoms with Crippen LogP contribution in [0.2, 0.25) is 0 Å². The second kappa shape index (κ2) is 9.70. The molecule has 2 N–H and O–H groups in total. The van der Waals surface area contributed by atoms with E-state index in [-0.39, 0.29) is 22.6 Å². The van der Waals surface area contributed by atoms with Crippen LogP contribution in [0.4, 0.5) is 5.69 Å². The van der Waals surface area contributed by atoms with Gasteiger partial charge in [0, 0.05) is 15.8 Å². The number of H-pyrrole nitrogens is 1. The normalized spacial score (nSPS) is 11.6. The standard InChI is InChI=1S/C24H25N3O3S3/c1-24(2,3)14-7-8-17(30-4)16(10-14)25-20(28)13-31-12-19-26-22(29)21-15(11-33-23(21)27-19)18-6-5-9-32-18/h5-11H,12-13H2,1-4H3,(H,25,28)(H,26,27,29). The fraction of sp³-hybridized carbons (Fsp3) is 0.292. The Hall–Kier alpha value is -2.62. The number of nitrogens with one attached hydrogen (secondary N) is 2. The molecule has 1 aromatic carbocycles. The molecule has 0 bridgehead atoms. The Morgan fingerprint density at radius 3 is 2.76 bits per heavy atom. The van der Waals surface area contributed by atoms with Crippen LogP contribution in [-0.4, -0.2) is 28.7 Å². The molecular weight excluding hydrogens is 474 g/mol. The van der Waals surface area contributed by atoms with Gasteiger partial charge in [-0.05, 0) is 34.6 Å². The molecule has 172 valence electrons. The second-order valence-corrected chi connectivity index (χ2v) is 11.3. The molecule has 3 aromatic heterocycles. The van der Waals surface area contributed by atoms with Gasteiger partial charge in [0.2, 0.25) is 5.91 Å². The van der Waals surface area contributed by atoms with Crippen LogP contribution >= 0.6 is 34.4 Å². The van der Waals surface area contributed by atoms with Gasteiger partial charge in [-0.25, -0.2) is 4.98 Å². The first-order valence-electron chi connectivity index (χ1n) is 10.4. The Morgan fingerprint density at radius 1 is 1.24 bits per heavy atom. The minimum absolute atomic E-state index is 0.0398. The van der Waals surface area contributed by atoms with Gasteiger partial charge >= 0.3 is 0 Å². The van der Waals surface area contributed by atoms with E-state index in [9.17, 15) is 9.59 Å². The van der Waals surface area contributed by atoms with Gasteiger partial charge in [-0.15, -0.1) is 34.4 Å². The summed E-state index contributed by atoms with van der Waals surface area (Å²) >= 11 is 4.46. The van der Waals surface area contributed by atoms with Crippen LogP contribution in [0, 0.1) is 0 Å². The van der Waals surface area contributed by atoms with Crippen molar-refractivity contribution in [2.24, 2.45) is 0 Å². The van der Waals surface area contributed by atoms with Crippen LogP contribution in [0.15, 0.2) is 45.9 Å². The van der Waals surface area contributed by atoms with Gasteiger partial charge < -0.3 is 15.0 Å². The zero-order valence-electron chi connectivity index (χ0n) is 18.9. The molecule has 0 saturated heterocycles. The van der Waals surface area contributed by atoms with Gasteiger partial charge in [-0.3, -0.25) is 9.59 Å². The van der Waals surface area contributed by atoms with Crippen LogP contribution in [0.3, 0.4) is 0 Å². The number of hydrogen-bond acceptors (Lipinski definition) is 7. The van der Waals surface area contributed by atoms with Crippen LogP contribution < -0.4 is 15.6 Å². The lowest BCUT2D eigenvalue weighted by atomic mass is 9.87. The molecule has 0 spiro atoms. The summed E-state index contributed by atoms with van der Waals surface area (Å²) in [6.45, 7) is 6.37. The molecule has 4 aromatic rings. The minimum atomic E-state index is -0.145. The molecule has 0 unspecified atom stereocenters. The van der Waals surface area contributed by atoms with Crippen LogP contribution in [0.1, 0.15) is 32.2 Å². The summed E-state index contributed by atoms with van der Waals surface area (Å²) in [4.78, 5) is 34.5. The lowest BCUT2D eigenvalue weighted by molar-refractivity contribution is -0.113. The number of aromatic amines is 1. The molecule has 3 heterocycles. The number of nitrogens with zero attached hydrogens (tertiary/aromatic N) is 1. The molecule has 0 aliphatic heterocycles. The Bertz CT molecular complexity index is 1330. The number of rotatable bonds is 7. The largest absolute Gasteiger partial charge is 0.495 e. The first-order chi connectivity index (χ1) is 15.8. The predicted molar refractivity (Wildman–Crippen MR) is 140 cm³/mol. The molecule has 0 atom stereocenters. The Labute approximate surface area is 204 Å². The third-order valence-corrected chi connectivity index (χ3v) is 7.81. The summed E-state index contributed by atoms with van der Waals surface area (Å²) in [6.07, 6.45) is 0. The van der Waals surface area contributed by atoms with Crippen LogP contribution in [0.25, 0.3) is 20.7 Å². The van der Waals surface area contributed by atoms with Crippen molar-refractivity contribution in [1.29, 1.82) is 0 Å². The van der Waals surface area contributed by atoms with Crippen molar-refractivity contribution in [3.05, 3.63) is 62.8 Å². The number of benzene rings is 1. The van der Waals surface area contributed by atoms with E-state index in [0.717, 1.165) is 16.0 Å². The number of fused-ring (bicyclic) bond motifs is 1. The molecule has 1 amide bonds. The average molecular weight is 500 g/mol. The molecule has 6 nitrogen and oxygen atoms in total. The molecule has 0 saturated carbocycles. The number of carbonyl (C=O) groups excluding carboxylic acids is 1. The van der Waals surface area contributed by atoms with Gasteiger partial charge in [0.1, 0.15) is 16.4 Å². The molecular formula is C24H25N3O3S3. The van der Waals surface area contributed by atoms with E-state index in [1.165, 1.54) is 23.1 Å². The van der Waals surface area contributed by atoms with Gasteiger partial charge in [0.05, 0.1) is 29.7 Å². The fourth-order valence-corrected chi connectivity index (χ4v) is 5.84. The first-order valence-corrected chi connectivity index (χ1v) is 13.3. The van der Waals surface area contributed by atoms with Gasteiger partial charge in [-0.2, -0.15) is 0 Å². The maximum atomic E-state index is 12.7. The number of ether oxygens (including phenoxy) is 1. The highest BCUT2D eigenvalue weighted by atomic mass is 32.2. The molecule has 0 radical (unpaired) electrons. The number of anilines is 1. The third-order valence-electron chi connectivity index (χ3n) is 5.09.